The zero-order valence-electron chi connectivity index (χ0n) is 8.13. The van der Waals surface area contributed by atoms with E-state index in [1.165, 1.54) is 0 Å². The van der Waals surface area contributed by atoms with Crippen LogP contribution in [0.1, 0.15) is 10.4 Å². The predicted molar refractivity (Wildman–Crippen MR) is 54.0 cm³/mol. The number of hydrogen-bond donors (Lipinski definition) is 0. The summed E-state index contributed by atoms with van der Waals surface area (Å²) in [5, 5.41) is -0.736. The van der Waals surface area contributed by atoms with Crippen LogP contribution in [0.15, 0.2) is 12.1 Å². The fourth-order valence-corrected chi connectivity index (χ4v) is 2.10. The first kappa shape index (κ1) is 15.6. The van der Waals surface area contributed by atoms with Crippen molar-refractivity contribution in [3.8, 4) is 0 Å². The van der Waals surface area contributed by atoms with Crippen molar-refractivity contribution >= 4 is 27.5 Å². The van der Waals surface area contributed by atoms with Gasteiger partial charge in [0.2, 0.25) is 0 Å². The second kappa shape index (κ2) is 4.88. The molecular weight excluding hydrogens is 356 g/mol. The van der Waals surface area contributed by atoms with Crippen LogP contribution in [0.3, 0.4) is 0 Å². The van der Waals surface area contributed by atoms with Gasteiger partial charge in [0.1, 0.15) is 4.83 Å². The molecule has 0 N–H and O–H groups in total. The van der Waals surface area contributed by atoms with E-state index >= 15 is 0 Å². The normalized spacial score (nSPS) is 14.7. The highest BCUT2D eigenvalue weighted by molar-refractivity contribution is 9.09. The topological polar surface area (TPSA) is 0 Å². The summed E-state index contributed by atoms with van der Waals surface area (Å²) in [6.45, 7) is 0. The van der Waals surface area contributed by atoms with Gasteiger partial charge in [-0.15, -0.1) is 0 Å². The van der Waals surface area contributed by atoms with Gasteiger partial charge in [-0.1, -0.05) is 27.5 Å². The summed E-state index contributed by atoms with van der Waals surface area (Å²) in [6.07, 6.45) is -5.85. The van der Waals surface area contributed by atoms with Gasteiger partial charge < -0.3 is 0 Å². The summed E-state index contributed by atoms with van der Waals surface area (Å²) in [5.74, 6) is -8.20. The van der Waals surface area contributed by atoms with E-state index in [0.717, 1.165) is 0 Å². The van der Waals surface area contributed by atoms with Gasteiger partial charge >= 0.3 is 12.1 Å². The molecule has 1 aromatic rings. The lowest BCUT2D eigenvalue weighted by Gasteiger charge is -2.25. The predicted octanol–water partition coefficient (Wildman–Crippen LogP) is 5.25. The first-order chi connectivity index (χ1) is 7.98. The van der Waals surface area contributed by atoms with Crippen LogP contribution in [-0.4, -0.2) is 12.1 Å². The van der Waals surface area contributed by atoms with Gasteiger partial charge in [0, 0.05) is 5.02 Å². The molecule has 0 aliphatic rings. The van der Waals surface area contributed by atoms with E-state index in [0.29, 0.717) is 6.07 Å². The van der Waals surface area contributed by atoms with Gasteiger partial charge in [0.15, 0.2) is 11.6 Å². The maximum absolute atomic E-state index is 13.0. The molecular formula is C9H3BrClF7. The lowest BCUT2D eigenvalue weighted by atomic mass is 10.1. The van der Waals surface area contributed by atoms with Crippen LogP contribution >= 0.6 is 27.5 Å². The summed E-state index contributed by atoms with van der Waals surface area (Å²) in [4.78, 5) is -2.62. The van der Waals surface area contributed by atoms with E-state index in [-0.39, 0.29) is 6.07 Å². The molecule has 18 heavy (non-hydrogen) atoms. The van der Waals surface area contributed by atoms with E-state index in [9.17, 15) is 30.7 Å². The Morgan fingerprint density at radius 1 is 1.00 bits per heavy atom. The highest BCUT2D eigenvalue weighted by atomic mass is 79.9. The van der Waals surface area contributed by atoms with Crippen LogP contribution in [-0.2, 0) is 0 Å². The molecule has 0 saturated heterocycles. The quantitative estimate of drug-likeness (QED) is 0.384. The summed E-state index contributed by atoms with van der Waals surface area (Å²) in [7, 11) is 0. The first-order valence-electron chi connectivity index (χ1n) is 4.21. The average Bonchev–Trinajstić information content (AvgIpc) is 2.20. The molecule has 1 unspecified atom stereocenters. The third-order valence-electron chi connectivity index (χ3n) is 2.01. The second-order valence-corrected chi connectivity index (χ2v) is 4.59. The molecule has 1 atom stereocenters. The van der Waals surface area contributed by atoms with E-state index in [4.69, 9.17) is 11.6 Å². The Bertz CT molecular complexity index is 457. The number of rotatable bonds is 2. The Balaban J connectivity index is 3.27. The first-order valence-corrected chi connectivity index (χ1v) is 5.51. The van der Waals surface area contributed by atoms with Crippen molar-refractivity contribution in [3.63, 3.8) is 0 Å². The van der Waals surface area contributed by atoms with Crippen molar-refractivity contribution < 1.29 is 30.7 Å². The molecule has 0 aromatic heterocycles. The van der Waals surface area contributed by atoms with Crippen molar-refractivity contribution in [2.24, 2.45) is 0 Å². The van der Waals surface area contributed by atoms with Crippen molar-refractivity contribution in [1.29, 1.82) is 0 Å². The summed E-state index contributed by atoms with van der Waals surface area (Å²) in [5.41, 5.74) is -0.891. The molecule has 0 nitrogen and oxygen atoms in total. The van der Waals surface area contributed by atoms with Crippen LogP contribution in [0.2, 0.25) is 5.02 Å². The van der Waals surface area contributed by atoms with Crippen LogP contribution in [0.4, 0.5) is 30.7 Å². The zero-order valence-corrected chi connectivity index (χ0v) is 10.5. The van der Waals surface area contributed by atoms with Crippen molar-refractivity contribution in [2.45, 2.75) is 16.9 Å². The van der Waals surface area contributed by atoms with E-state index in [1.54, 1.807) is 0 Å². The molecule has 9 heteroatoms. The molecule has 0 saturated carbocycles. The second-order valence-electron chi connectivity index (χ2n) is 3.27. The Labute approximate surface area is 110 Å². The Kier molecular flexibility index (Phi) is 4.22. The third-order valence-corrected chi connectivity index (χ3v) is 3.40. The zero-order chi connectivity index (χ0) is 14.3. The highest BCUT2D eigenvalue weighted by Crippen LogP contribution is 2.50. The number of benzene rings is 1. The summed E-state index contributed by atoms with van der Waals surface area (Å²) < 4.78 is 87.7. The monoisotopic (exact) mass is 358 g/mol. The minimum atomic E-state index is -5.85. The van der Waals surface area contributed by atoms with Crippen molar-refractivity contribution in [2.75, 3.05) is 0 Å². The maximum atomic E-state index is 13.0. The lowest BCUT2D eigenvalue weighted by molar-refractivity contribution is -0.281. The lowest BCUT2D eigenvalue weighted by Crippen LogP contribution is -2.40. The van der Waals surface area contributed by atoms with Gasteiger partial charge in [-0.25, -0.2) is 8.78 Å². The molecule has 0 amide bonds. The van der Waals surface area contributed by atoms with Crippen LogP contribution in [0.25, 0.3) is 0 Å². The smallest absolute Gasteiger partial charge is 0.204 e. The van der Waals surface area contributed by atoms with Gasteiger partial charge in [-0.3, -0.25) is 0 Å². The van der Waals surface area contributed by atoms with Gasteiger partial charge in [0.05, 0.1) is 0 Å². The fourth-order valence-electron chi connectivity index (χ4n) is 1.07. The van der Waals surface area contributed by atoms with Crippen LogP contribution < -0.4 is 0 Å². The number of halogens is 9. The summed E-state index contributed by atoms with van der Waals surface area (Å²) >= 11 is 7.42. The minimum absolute atomic E-state index is 0.191. The average molecular weight is 359 g/mol. The SMILES string of the molecule is Fc1cc(Cl)c(C(Br)C(F)(F)C(F)(F)F)cc1F. The molecule has 0 bridgehead atoms. The fraction of sp³-hybridized carbons (Fsp3) is 0.333. The van der Waals surface area contributed by atoms with E-state index in [2.05, 4.69) is 15.9 Å². The molecule has 102 valence electrons. The molecule has 0 aliphatic carbocycles. The minimum Gasteiger partial charge on any atom is -0.204 e. The van der Waals surface area contributed by atoms with E-state index < -0.39 is 39.1 Å². The van der Waals surface area contributed by atoms with E-state index in [1.807, 2.05) is 0 Å². The largest absolute Gasteiger partial charge is 0.454 e. The Hall–Kier alpha value is -0.500. The maximum Gasteiger partial charge on any atom is 0.454 e. The summed E-state index contributed by atoms with van der Waals surface area (Å²) in [6, 6.07) is 0.518. The van der Waals surface area contributed by atoms with Crippen LogP contribution in [0.5, 0.6) is 0 Å². The third kappa shape index (κ3) is 2.74. The van der Waals surface area contributed by atoms with Gasteiger partial charge in [-0.05, 0) is 17.7 Å². The molecule has 0 radical (unpaired) electrons. The molecule has 1 aromatic carbocycles. The number of hydrogen-bond acceptors (Lipinski definition) is 0. The van der Waals surface area contributed by atoms with Gasteiger partial charge in [-0.2, -0.15) is 22.0 Å². The molecule has 0 fully saturated rings. The Morgan fingerprint density at radius 2 is 1.44 bits per heavy atom. The van der Waals surface area contributed by atoms with Crippen molar-refractivity contribution in [3.05, 3.63) is 34.4 Å². The molecule has 1 rings (SSSR count). The Morgan fingerprint density at radius 3 is 1.89 bits per heavy atom. The molecule has 0 heterocycles. The van der Waals surface area contributed by atoms with Gasteiger partial charge in [0.25, 0.3) is 0 Å². The highest BCUT2D eigenvalue weighted by Gasteiger charge is 2.62. The number of alkyl halides is 6. The van der Waals surface area contributed by atoms with Crippen LogP contribution in [0, 0.1) is 11.6 Å². The standard InChI is InChI=1S/C9H3BrClF7/c10-7(8(14,15)9(16,17)18)3-1-5(12)6(13)2-4(3)11/h1-2,7H. The molecule has 0 aliphatic heterocycles. The molecule has 0 spiro atoms. The van der Waals surface area contributed by atoms with Crippen molar-refractivity contribution in [1.82, 2.24) is 0 Å².